The third kappa shape index (κ3) is 24.1. The third-order valence-corrected chi connectivity index (χ3v) is 8.35. The first kappa shape index (κ1) is 55.5. The summed E-state index contributed by atoms with van der Waals surface area (Å²) in [5.41, 5.74) is 3.39. The highest BCUT2D eigenvalue weighted by Gasteiger charge is 2.19. The molecule has 3 aromatic carbocycles. The predicted molar refractivity (Wildman–Crippen MR) is 230 cm³/mol. The molecule has 0 N–H and O–H groups in total. The van der Waals surface area contributed by atoms with Crippen molar-refractivity contribution in [1.82, 2.24) is 4.90 Å². The number of hydrogen-bond donors (Lipinski definition) is 0. The van der Waals surface area contributed by atoms with Gasteiger partial charge in [-0.25, -0.2) is 0 Å². The van der Waals surface area contributed by atoms with Gasteiger partial charge in [0.1, 0.15) is 29.8 Å². The molecule has 0 aromatic heterocycles. The van der Waals surface area contributed by atoms with Gasteiger partial charge < -0.3 is 23.9 Å². The summed E-state index contributed by atoms with van der Waals surface area (Å²) >= 11 is 3.32. The van der Waals surface area contributed by atoms with Crippen LogP contribution >= 0.6 is 15.9 Å². The lowest BCUT2D eigenvalue weighted by molar-refractivity contribution is -0.111. The zero-order valence-corrected chi connectivity index (χ0v) is 34.5. The Morgan fingerprint density at radius 1 is 0.769 bits per heavy atom. The molecule has 4 unspecified atom stereocenters. The number of rotatable bonds is 14. The normalized spacial score (nSPS) is 12.1. The molecule has 0 saturated carbocycles. The standard InChI is InChI=1S/C15H25NO.C13H18O2.C7H7BrO.C6H10O.CH4.B2.B/c1-6-15(12(2)11-16(3)4)13-8-7-9-14(10-13)17-5;1-4-13(10(2)9-14)11-6-5-7-12(8-11)15-3;1-9-7-4-2-3-6(8)5-7;1-3-4-6(2)5-7;;1-2;/h7-10,12,15H,6,11H2,1-5H3;5-10,13H,4H2,1-3H3;2-5H,1H3;4-5H,3H2,1-2H3;1H4;;/b;;;6-4+;;;. The van der Waals surface area contributed by atoms with Crippen molar-refractivity contribution >= 4 is 52.4 Å². The van der Waals surface area contributed by atoms with E-state index in [1.165, 1.54) is 17.5 Å². The van der Waals surface area contributed by atoms with Crippen molar-refractivity contribution in [2.45, 2.75) is 80.1 Å². The number of halogens is 1. The molecule has 0 aliphatic heterocycles. The molecule has 283 valence electrons. The van der Waals surface area contributed by atoms with E-state index in [1.807, 2.05) is 68.5 Å². The number of ether oxygens (including phenoxy) is 3. The number of carbonyl (C=O) groups is 2. The van der Waals surface area contributed by atoms with Crippen LogP contribution in [0.3, 0.4) is 0 Å². The molecule has 10 heteroatoms. The Kier molecular flexibility index (Phi) is 37.2. The van der Waals surface area contributed by atoms with Gasteiger partial charge in [-0.05, 0) is 117 Å². The summed E-state index contributed by atoms with van der Waals surface area (Å²) < 4.78 is 16.5. The fraction of sp³-hybridized carbons (Fsp3) is 0.476. The first-order valence-corrected chi connectivity index (χ1v) is 17.9. The van der Waals surface area contributed by atoms with Crippen molar-refractivity contribution in [3.8, 4) is 17.2 Å². The molecule has 52 heavy (non-hydrogen) atoms. The lowest BCUT2D eigenvalue weighted by Crippen LogP contribution is -2.24. The zero-order chi connectivity index (χ0) is 38.5. The first-order valence-electron chi connectivity index (χ1n) is 17.1. The molecule has 0 aliphatic carbocycles. The molecule has 0 amide bonds. The van der Waals surface area contributed by atoms with E-state index in [2.05, 4.69) is 95.4 Å². The van der Waals surface area contributed by atoms with E-state index in [-0.39, 0.29) is 27.7 Å². The van der Waals surface area contributed by atoms with Gasteiger partial charge in [0.15, 0.2) is 0 Å². The molecule has 0 saturated heterocycles. The van der Waals surface area contributed by atoms with Crippen LogP contribution < -0.4 is 14.2 Å². The van der Waals surface area contributed by atoms with Crippen LogP contribution in [0.5, 0.6) is 17.2 Å². The van der Waals surface area contributed by atoms with Crippen molar-refractivity contribution < 1.29 is 23.8 Å². The molecule has 3 aromatic rings. The summed E-state index contributed by atoms with van der Waals surface area (Å²) in [5, 5.41) is 0. The van der Waals surface area contributed by atoms with E-state index >= 15 is 0 Å². The molecule has 4 atom stereocenters. The van der Waals surface area contributed by atoms with Crippen LogP contribution in [0.2, 0.25) is 0 Å². The quantitative estimate of drug-likeness (QED) is 0.0924. The van der Waals surface area contributed by atoms with Gasteiger partial charge >= 0.3 is 0 Å². The van der Waals surface area contributed by atoms with Crippen LogP contribution in [0.4, 0.5) is 0 Å². The van der Waals surface area contributed by atoms with Gasteiger partial charge in [-0.2, -0.15) is 0 Å². The van der Waals surface area contributed by atoms with Crippen LogP contribution in [-0.4, -0.2) is 83.3 Å². The Balaban J connectivity index is -0.000000301. The van der Waals surface area contributed by atoms with E-state index in [0.29, 0.717) is 11.8 Å². The zero-order valence-electron chi connectivity index (χ0n) is 32.9. The topological polar surface area (TPSA) is 65.1 Å². The molecule has 0 fully saturated rings. The second-order valence-corrected chi connectivity index (χ2v) is 12.9. The maximum Gasteiger partial charge on any atom is 0.145 e. The Hall–Kier alpha value is -3.23. The number of hydrogen-bond acceptors (Lipinski definition) is 6. The van der Waals surface area contributed by atoms with Crippen molar-refractivity contribution in [3.05, 3.63) is 100 Å². The Labute approximate surface area is 331 Å². The monoisotopic (exact) mass is 774 g/mol. The van der Waals surface area contributed by atoms with Crippen LogP contribution in [0.25, 0.3) is 0 Å². The number of aldehydes is 2. The summed E-state index contributed by atoms with van der Waals surface area (Å²) in [6.45, 7) is 13.6. The van der Waals surface area contributed by atoms with Crippen LogP contribution in [0.15, 0.2) is 88.9 Å². The molecule has 7 radical (unpaired) electrons. The molecular formula is C42H64B3BrNO5. The van der Waals surface area contributed by atoms with Crippen LogP contribution in [0, 0.1) is 11.8 Å². The van der Waals surface area contributed by atoms with E-state index in [4.69, 9.17) is 14.2 Å². The molecule has 0 aliphatic rings. The number of methoxy groups -OCH3 is 3. The second kappa shape index (κ2) is 34.8. The minimum Gasteiger partial charge on any atom is -0.497 e. The van der Waals surface area contributed by atoms with Crippen molar-refractivity contribution in [2.75, 3.05) is 42.0 Å². The van der Waals surface area contributed by atoms with Gasteiger partial charge in [0.05, 0.1) is 21.3 Å². The minimum atomic E-state index is 0. The summed E-state index contributed by atoms with van der Waals surface area (Å²) in [7, 11) is 17.3. The maximum absolute atomic E-state index is 10.8. The van der Waals surface area contributed by atoms with E-state index < -0.39 is 0 Å². The number of benzene rings is 3. The average Bonchev–Trinajstić information content (AvgIpc) is 3.13. The highest BCUT2D eigenvalue weighted by atomic mass is 79.9. The highest BCUT2D eigenvalue weighted by molar-refractivity contribution is 9.10. The van der Waals surface area contributed by atoms with Crippen molar-refractivity contribution in [1.29, 1.82) is 0 Å². The fourth-order valence-corrected chi connectivity index (χ4v) is 5.76. The summed E-state index contributed by atoms with van der Waals surface area (Å²) in [6, 6.07) is 24.1. The molecule has 0 bridgehead atoms. The van der Waals surface area contributed by atoms with E-state index in [9.17, 15) is 9.59 Å². The highest BCUT2D eigenvalue weighted by Crippen LogP contribution is 2.31. The Bertz CT molecular complexity index is 1340. The minimum absolute atomic E-state index is 0. The lowest BCUT2D eigenvalue weighted by atomic mass is 9.81. The van der Waals surface area contributed by atoms with E-state index in [1.54, 1.807) is 28.3 Å². The SMILES string of the molecule is C.CC/C=C(\C)C=O.CCC(c1cccc(OC)c1)C(C)C=O.CCC(c1cccc(OC)c1)C(C)CN(C)C.COc1cccc(Br)c1.[B].[B][B]. The molecular weight excluding hydrogens is 711 g/mol. The average molecular weight is 775 g/mol. The molecule has 3 rings (SSSR count). The van der Waals surface area contributed by atoms with Crippen LogP contribution in [0.1, 0.15) is 91.2 Å². The largest absolute Gasteiger partial charge is 0.497 e. The maximum atomic E-state index is 10.8. The van der Waals surface area contributed by atoms with Gasteiger partial charge in [0.2, 0.25) is 0 Å². The second-order valence-electron chi connectivity index (χ2n) is 12.0. The third-order valence-electron chi connectivity index (χ3n) is 7.86. The van der Waals surface area contributed by atoms with Gasteiger partial charge in [-0.1, -0.05) is 94.4 Å². The Morgan fingerprint density at radius 2 is 1.19 bits per heavy atom. The van der Waals surface area contributed by atoms with Gasteiger partial charge in [0, 0.05) is 40.8 Å². The smallest absolute Gasteiger partial charge is 0.145 e. The number of nitrogens with zero attached hydrogens (tertiary/aromatic N) is 1. The molecule has 0 spiro atoms. The van der Waals surface area contributed by atoms with Gasteiger partial charge in [0.25, 0.3) is 0 Å². The predicted octanol–water partition coefficient (Wildman–Crippen LogP) is 9.90. The lowest BCUT2D eigenvalue weighted by Gasteiger charge is -2.26. The van der Waals surface area contributed by atoms with Crippen molar-refractivity contribution in [2.24, 2.45) is 11.8 Å². The summed E-state index contributed by atoms with van der Waals surface area (Å²) in [6.07, 6.45) is 6.87. The van der Waals surface area contributed by atoms with Gasteiger partial charge in [-0.3, -0.25) is 4.79 Å². The van der Waals surface area contributed by atoms with Crippen molar-refractivity contribution in [3.63, 3.8) is 0 Å². The summed E-state index contributed by atoms with van der Waals surface area (Å²) in [4.78, 5) is 22.9. The van der Waals surface area contributed by atoms with E-state index in [0.717, 1.165) is 59.3 Å². The number of carbonyl (C=O) groups excluding carboxylic acids is 2. The first-order chi connectivity index (χ1) is 23.9. The van der Waals surface area contributed by atoms with Crippen LogP contribution in [-0.2, 0) is 9.59 Å². The number of allylic oxidation sites excluding steroid dienone is 2. The summed E-state index contributed by atoms with van der Waals surface area (Å²) in [5.74, 6) is 4.29. The molecule has 6 nitrogen and oxygen atoms in total. The van der Waals surface area contributed by atoms with Gasteiger partial charge in [-0.15, -0.1) is 0 Å². The Morgan fingerprint density at radius 3 is 1.50 bits per heavy atom. The fourth-order valence-electron chi connectivity index (χ4n) is 5.38. The molecule has 0 heterocycles.